The van der Waals surface area contributed by atoms with E-state index in [1.54, 1.807) is 6.92 Å². The van der Waals surface area contributed by atoms with Crippen molar-refractivity contribution < 1.29 is 38.5 Å². The van der Waals surface area contributed by atoms with E-state index in [9.17, 15) is 24.3 Å². The lowest BCUT2D eigenvalue weighted by Crippen LogP contribution is -2.61. The molecule has 0 bridgehead atoms. The summed E-state index contributed by atoms with van der Waals surface area (Å²) in [6.45, 7) is 6.66. The molecule has 1 aliphatic rings. The number of nitrogens with one attached hydrogen (secondary N) is 4. The summed E-state index contributed by atoms with van der Waals surface area (Å²) in [4.78, 5) is 50.1. The van der Waals surface area contributed by atoms with Gasteiger partial charge in [0.25, 0.3) is 0 Å². The van der Waals surface area contributed by atoms with Crippen molar-refractivity contribution in [2.24, 2.45) is 11.7 Å². The minimum Gasteiger partial charge on any atom is -0.449 e. The van der Waals surface area contributed by atoms with Crippen LogP contribution in [0, 0.1) is 11.3 Å². The van der Waals surface area contributed by atoms with Gasteiger partial charge in [0, 0.05) is 6.54 Å². The first-order chi connectivity index (χ1) is 16.0. The average Bonchev–Trinajstić information content (AvgIpc) is 2.76. The zero-order valence-corrected chi connectivity index (χ0v) is 20.0. The lowest BCUT2D eigenvalue weighted by Gasteiger charge is -2.38. The van der Waals surface area contributed by atoms with E-state index in [0.29, 0.717) is 19.4 Å². The fraction of sp³-hybridized carbons (Fsp3) is 0.750. The number of ether oxygens (including phenoxy) is 3. The van der Waals surface area contributed by atoms with Crippen LogP contribution in [0.2, 0.25) is 0 Å². The number of piperidine rings is 1. The predicted octanol–water partition coefficient (Wildman–Crippen LogP) is -0.793. The maximum Gasteiger partial charge on any atom is 0.508 e. The zero-order valence-electron chi connectivity index (χ0n) is 20.0. The van der Waals surface area contributed by atoms with Gasteiger partial charge in [-0.05, 0) is 32.6 Å². The largest absolute Gasteiger partial charge is 0.508 e. The summed E-state index contributed by atoms with van der Waals surface area (Å²) in [6, 6.07) is -3.12. The van der Waals surface area contributed by atoms with Gasteiger partial charge >= 0.3 is 12.2 Å². The Morgan fingerprint density at radius 3 is 2.35 bits per heavy atom. The van der Waals surface area contributed by atoms with Gasteiger partial charge in [-0.1, -0.05) is 13.8 Å². The van der Waals surface area contributed by atoms with Crippen LogP contribution in [-0.2, 0) is 23.8 Å². The van der Waals surface area contributed by atoms with Gasteiger partial charge in [-0.2, -0.15) is 0 Å². The van der Waals surface area contributed by atoms with Crippen LogP contribution in [-0.4, -0.2) is 90.7 Å². The maximum absolute atomic E-state index is 12.7. The second kappa shape index (κ2) is 14.1. The second-order valence-corrected chi connectivity index (χ2v) is 8.16. The highest BCUT2D eigenvalue weighted by Crippen LogP contribution is 2.15. The minimum absolute atomic E-state index is 0.0604. The van der Waals surface area contributed by atoms with E-state index < -0.39 is 55.0 Å². The van der Waals surface area contributed by atoms with Crippen molar-refractivity contribution in [2.45, 2.75) is 64.9 Å². The Morgan fingerprint density at radius 2 is 1.76 bits per heavy atom. The number of aliphatic hydroxyl groups is 1. The summed E-state index contributed by atoms with van der Waals surface area (Å²) in [5.74, 6) is -1.66. The van der Waals surface area contributed by atoms with Gasteiger partial charge in [0.05, 0.1) is 19.3 Å². The molecular formula is C20H36N6O8. The standard InChI is InChI=1S/C20H36N6O8/c1-5-32-20(31)34-10-14(25-19(30)33-9-11(2)3)16(28)23-12(4)15(27)24-13-7-6-8-26(17(13)29)18(21)22/h11-14,17,29H,5-10H2,1-4H3,(H3,21,22)(H,23,28)(H,24,27)(H,25,30)/t12-,13-,14+,17?/m0/s1. The molecule has 0 aromatic rings. The molecule has 14 nitrogen and oxygen atoms in total. The van der Waals surface area contributed by atoms with Gasteiger partial charge in [-0.25, -0.2) is 9.59 Å². The molecule has 0 aromatic carbocycles. The maximum atomic E-state index is 12.7. The highest BCUT2D eigenvalue weighted by Gasteiger charge is 2.33. The normalized spacial score (nSPS) is 19.4. The molecule has 4 atom stereocenters. The zero-order chi connectivity index (χ0) is 25.8. The molecule has 0 radical (unpaired) electrons. The van der Waals surface area contributed by atoms with Crippen molar-refractivity contribution >= 4 is 30.0 Å². The Hall–Kier alpha value is -3.29. The number of guanidine groups is 1. The average molecular weight is 489 g/mol. The van der Waals surface area contributed by atoms with Crippen molar-refractivity contribution in [1.29, 1.82) is 5.41 Å². The number of hydrogen-bond acceptors (Lipinski definition) is 9. The predicted molar refractivity (Wildman–Crippen MR) is 119 cm³/mol. The number of nitrogens with two attached hydrogens (primary N) is 1. The Morgan fingerprint density at radius 1 is 1.09 bits per heavy atom. The number of carbonyl (C=O) groups is 4. The molecule has 1 rings (SSSR count). The van der Waals surface area contributed by atoms with Gasteiger partial charge in [0.2, 0.25) is 11.8 Å². The van der Waals surface area contributed by atoms with Crippen LogP contribution in [0.1, 0.15) is 40.5 Å². The van der Waals surface area contributed by atoms with E-state index in [0.717, 1.165) is 0 Å². The molecule has 0 spiro atoms. The molecular weight excluding hydrogens is 452 g/mol. The summed E-state index contributed by atoms with van der Waals surface area (Å²) >= 11 is 0. The Labute approximate surface area is 198 Å². The number of aliphatic hydroxyl groups excluding tert-OH is 1. The highest BCUT2D eigenvalue weighted by molar-refractivity contribution is 5.91. The SMILES string of the molecule is CCOC(=O)OC[C@@H](NC(=O)OCC(C)C)C(=O)N[C@@H](C)C(=O)N[C@H]1CCCN(C(=N)N)C1O. The Balaban J connectivity index is 2.73. The van der Waals surface area contributed by atoms with E-state index in [4.69, 9.17) is 20.6 Å². The summed E-state index contributed by atoms with van der Waals surface area (Å²) < 4.78 is 14.5. The molecule has 34 heavy (non-hydrogen) atoms. The van der Waals surface area contributed by atoms with E-state index in [-0.39, 0.29) is 25.1 Å². The topological polar surface area (TPSA) is 205 Å². The lowest BCUT2D eigenvalue weighted by atomic mass is 10.0. The van der Waals surface area contributed by atoms with Crippen molar-refractivity contribution in [2.75, 3.05) is 26.4 Å². The number of nitrogens with zero attached hydrogens (tertiary/aromatic N) is 1. The molecule has 1 saturated heterocycles. The van der Waals surface area contributed by atoms with Crippen molar-refractivity contribution in [3.63, 3.8) is 0 Å². The molecule has 194 valence electrons. The van der Waals surface area contributed by atoms with Crippen LogP contribution >= 0.6 is 0 Å². The summed E-state index contributed by atoms with van der Waals surface area (Å²) in [5.41, 5.74) is 5.45. The monoisotopic (exact) mass is 488 g/mol. The molecule has 1 unspecified atom stereocenters. The first-order valence-corrected chi connectivity index (χ1v) is 11.1. The summed E-state index contributed by atoms with van der Waals surface area (Å²) in [7, 11) is 0. The molecule has 3 amide bonds. The molecule has 14 heteroatoms. The third-order valence-corrected chi connectivity index (χ3v) is 4.77. The van der Waals surface area contributed by atoms with Crippen LogP contribution in [0.15, 0.2) is 0 Å². The molecule has 0 aliphatic carbocycles. The minimum atomic E-state index is -1.35. The first kappa shape index (κ1) is 28.7. The van der Waals surface area contributed by atoms with Gasteiger partial charge in [0.1, 0.15) is 24.9 Å². The van der Waals surface area contributed by atoms with E-state index >= 15 is 0 Å². The quantitative estimate of drug-likeness (QED) is 0.128. The number of rotatable bonds is 10. The smallest absolute Gasteiger partial charge is 0.449 e. The van der Waals surface area contributed by atoms with Crippen LogP contribution in [0.5, 0.6) is 0 Å². The van der Waals surface area contributed by atoms with E-state index in [2.05, 4.69) is 20.7 Å². The number of hydrogen-bond donors (Lipinski definition) is 6. The Kier molecular flexibility index (Phi) is 11.9. The highest BCUT2D eigenvalue weighted by atomic mass is 16.7. The Bertz CT molecular complexity index is 734. The first-order valence-electron chi connectivity index (χ1n) is 11.1. The summed E-state index contributed by atoms with van der Waals surface area (Å²) in [5, 5.41) is 25.2. The third kappa shape index (κ3) is 9.68. The van der Waals surface area contributed by atoms with Gasteiger partial charge < -0.3 is 45.9 Å². The molecule has 1 fully saturated rings. The van der Waals surface area contributed by atoms with Crippen LogP contribution in [0.3, 0.4) is 0 Å². The number of carbonyl (C=O) groups excluding carboxylic acids is 4. The van der Waals surface area contributed by atoms with Crippen molar-refractivity contribution in [3.8, 4) is 0 Å². The molecule has 0 aromatic heterocycles. The van der Waals surface area contributed by atoms with Crippen LogP contribution in [0.25, 0.3) is 0 Å². The third-order valence-electron chi connectivity index (χ3n) is 4.77. The number of amides is 3. The van der Waals surface area contributed by atoms with E-state index in [1.165, 1.54) is 11.8 Å². The van der Waals surface area contributed by atoms with Crippen molar-refractivity contribution in [3.05, 3.63) is 0 Å². The molecule has 7 N–H and O–H groups in total. The molecule has 1 aliphatic heterocycles. The van der Waals surface area contributed by atoms with Gasteiger partial charge in [-0.3, -0.25) is 15.0 Å². The number of likely N-dealkylation sites (tertiary alicyclic amines) is 1. The van der Waals surface area contributed by atoms with Gasteiger partial charge in [0.15, 0.2) is 5.96 Å². The van der Waals surface area contributed by atoms with E-state index in [1.807, 2.05) is 13.8 Å². The fourth-order valence-corrected chi connectivity index (χ4v) is 3.00. The van der Waals surface area contributed by atoms with Crippen LogP contribution < -0.4 is 21.7 Å². The summed E-state index contributed by atoms with van der Waals surface area (Å²) in [6.07, 6.45) is -2.05. The molecule has 0 saturated carbocycles. The second-order valence-electron chi connectivity index (χ2n) is 8.16. The van der Waals surface area contributed by atoms with Crippen molar-refractivity contribution in [1.82, 2.24) is 20.9 Å². The molecule has 1 heterocycles. The lowest BCUT2D eigenvalue weighted by molar-refractivity contribution is -0.131. The fourth-order valence-electron chi connectivity index (χ4n) is 3.00. The number of alkyl carbamates (subject to hydrolysis) is 1. The van der Waals surface area contributed by atoms with Crippen LogP contribution in [0.4, 0.5) is 9.59 Å². The van der Waals surface area contributed by atoms with Gasteiger partial charge in [-0.15, -0.1) is 0 Å².